The van der Waals surface area contributed by atoms with Crippen molar-refractivity contribution in [3.63, 3.8) is 0 Å². The maximum atomic E-state index is 13.9. The number of hydrogen-bond donors (Lipinski definition) is 1. The fourth-order valence-corrected chi connectivity index (χ4v) is 5.54. The van der Waals surface area contributed by atoms with E-state index in [1.54, 1.807) is 7.11 Å². The van der Waals surface area contributed by atoms with Gasteiger partial charge in [0.25, 0.3) is 5.91 Å². The molecule has 1 aliphatic heterocycles. The Morgan fingerprint density at radius 2 is 2.06 bits per heavy atom. The van der Waals surface area contributed by atoms with Crippen molar-refractivity contribution in [1.82, 2.24) is 14.5 Å². The first kappa shape index (κ1) is 21.5. The van der Waals surface area contributed by atoms with Crippen molar-refractivity contribution in [3.05, 3.63) is 42.0 Å². The highest BCUT2D eigenvalue weighted by atomic mass is 16.5. The van der Waals surface area contributed by atoms with E-state index < -0.39 is 0 Å². The molecule has 1 aromatic heterocycles. The van der Waals surface area contributed by atoms with Gasteiger partial charge < -0.3 is 19.5 Å². The Labute approximate surface area is 193 Å². The van der Waals surface area contributed by atoms with Crippen LogP contribution < -0.4 is 10.1 Å². The summed E-state index contributed by atoms with van der Waals surface area (Å²) in [7, 11) is 1.64. The summed E-state index contributed by atoms with van der Waals surface area (Å²) >= 11 is 0. The lowest BCUT2D eigenvalue weighted by molar-refractivity contribution is -0.114. The Morgan fingerprint density at radius 1 is 1.21 bits per heavy atom. The number of nitrogens with one attached hydrogen (secondary N) is 1. The molecule has 2 aliphatic rings. The topological polar surface area (TPSA) is 76.5 Å². The van der Waals surface area contributed by atoms with Crippen LogP contribution in [0.2, 0.25) is 0 Å². The average Bonchev–Trinajstić information content (AvgIpc) is 3.33. The van der Waals surface area contributed by atoms with Crippen LogP contribution in [-0.2, 0) is 11.3 Å². The molecule has 1 saturated heterocycles. The standard InChI is InChI=1S/C26H30N4O3/c1-4-29-24-22(26(32)30-15-17-7-5-9-20(30)11-17)13-19(27-16(2)31)14-23(24)28-25(29)18-8-6-10-21(12-18)33-3/h6,8,10,12-14,17,20H,4-5,7,9,11,15H2,1-3H3,(H,27,31)/t17-,20+/m1/s1. The number of anilines is 1. The van der Waals surface area contributed by atoms with Crippen LogP contribution in [0.3, 0.4) is 0 Å². The summed E-state index contributed by atoms with van der Waals surface area (Å²) in [5, 5.41) is 2.85. The van der Waals surface area contributed by atoms with Crippen LogP contribution in [0.4, 0.5) is 5.69 Å². The fraction of sp³-hybridized carbons (Fsp3) is 0.423. The molecule has 7 heteroatoms. The fourth-order valence-electron chi connectivity index (χ4n) is 5.54. The average molecular weight is 447 g/mol. The monoisotopic (exact) mass is 446 g/mol. The third-order valence-electron chi connectivity index (χ3n) is 6.95. The molecule has 1 aliphatic carbocycles. The first-order valence-electron chi connectivity index (χ1n) is 11.8. The third-order valence-corrected chi connectivity index (χ3v) is 6.95. The van der Waals surface area contributed by atoms with Gasteiger partial charge in [0, 0.05) is 37.3 Å². The van der Waals surface area contributed by atoms with Gasteiger partial charge in [-0.15, -0.1) is 0 Å². The van der Waals surface area contributed by atoms with Crippen LogP contribution in [0, 0.1) is 5.92 Å². The number of likely N-dealkylation sites (tertiary alicyclic amines) is 1. The zero-order valence-electron chi connectivity index (χ0n) is 19.4. The molecule has 1 N–H and O–H groups in total. The van der Waals surface area contributed by atoms with Crippen LogP contribution >= 0.6 is 0 Å². The van der Waals surface area contributed by atoms with Gasteiger partial charge in [0.15, 0.2) is 0 Å². The van der Waals surface area contributed by atoms with Gasteiger partial charge in [-0.05, 0) is 56.4 Å². The predicted octanol–water partition coefficient (Wildman–Crippen LogP) is 4.70. The minimum Gasteiger partial charge on any atom is -0.497 e. The van der Waals surface area contributed by atoms with E-state index in [4.69, 9.17) is 9.72 Å². The minimum absolute atomic E-state index is 0.0356. The lowest BCUT2D eigenvalue weighted by Gasteiger charge is -2.25. The van der Waals surface area contributed by atoms with Crippen molar-refractivity contribution in [1.29, 1.82) is 0 Å². The third kappa shape index (κ3) is 3.86. The molecule has 0 unspecified atom stereocenters. The Bertz CT molecular complexity index is 1230. The molecular formula is C26H30N4O3. The zero-order chi connectivity index (χ0) is 23.1. The number of fused-ring (bicyclic) bond motifs is 3. The van der Waals surface area contributed by atoms with Crippen molar-refractivity contribution >= 4 is 28.5 Å². The van der Waals surface area contributed by atoms with Crippen molar-refractivity contribution in [2.75, 3.05) is 19.0 Å². The highest BCUT2D eigenvalue weighted by molar-refractivity contribution is 6.08. The number of aromatic nitrogens is 2. The van der Waals surface area contributed by atoms with E-state index in [-0.39, 0.29) is 11.8 Å². The van der Waals surface area contributed by atoms with Crippen LogP contribution in [0.5, 0.6) is 5.75 Å². The molecular weight excluding hydrogens is 416 g/mol. The normalized spacial score (nSPS) is 19.7. The van der Waals surface area contributed by atoms with Gasteiger partial charge >= 0.3 is 0 Å². The number of rotatable bonds is 5. The van der Waals surface area contributed by atoms with E-state index in [9.17, 15) is 9.59 Å². The van der Waals surface area contributed by atoms with Crippen LogP contribution in [-0.4, -0.2) is 46.0 Å². The van der Waals surface area contributed by atoms with Gasteiger partial charge in [0.1, 0.15) is 11.6 Å². The second-order valence-electron chi connectivity index (χ2n) is 9.13. The maximum Gasteiger partial charge on any atom is 0.256 e. The van der Waals surface area contributed by atoms with E-state index in [0.717, 1.165) is 42.0 Å². The Kier molecular flexibility index (Phi) is 5.56. The summed E-state index contributed by atoms with van der Waals surface area (Å²) in [5.74, 6) is 1.99. The lowest BCUT2D eigenvalue weighted by Crippen LogP contribution is -2.35. The van der Waals surface area contributed by atoms with Gasteiger partial charge in [0.2, 0.25) is 5.91 Å². The zero-order valence-corrected chi connectivity index (χ0v) is 19.4. The van der Waals surface area contributed by atoms with E-state index in [1.165, 1.54) is 19.8 Å². The van der Waals surface area contributed by atoms with Crippen molar-refractivity contribution in [2.45, 2.75) is 52.1 Å². The molecule has 0 spiro atoms. The van der Waals surface area contributed by atoms with Crippen molar-refractivity contribution < 1.29 is 14.3 Å². The molecule has 2 amide bonds. The summed E-state index contributed by atoms with van der Waals surface area (Å²) in [4.78, 5) is 32.7. The summed E-state index contributed by atoms with van der Waals surface area (Å²) in [6.45, 7) is 5.01. The summed E-state index contributed by atoms with van der Waals surface area (Å²) < 4.78 is 7.51. The van der Waals surface area contributed by atoms with Crippen LogP contribution in [0.1, 0.15) is 49.9 Å². The largest absolute Gasteiger partial charge is 0.497 e. The number of hydrogen-bond acceptors (Lipinski definition) is 4. The molecule has 5 rings (SSSR count). The number of imidazole rings is 1. The number of methoxy groups -OCH3 is 1. The molecule has 2 bridgehead atoms. The summed E-state index contributed by atoms with van der Waals surface area (Å²) in [6, 6.07) is 11.8. The quantitative estimate of drug-likeness (QED) is 0.616. The number of benzene rings is 2. The van der Waals surface area contributed by atoms with Gasteiger partial charge in [-0.2, -0.15) is 0 Å². The molecule has 2 aromatic carbocycles. The molecule has 2 atom stereocenters. The summed E-state index contributed by atoms with van der Waals surface area (Å²) in [5.41, 5.74) is 3.64. The van der Waals surface area contributed by atoms with Crippen molar-refractivity contribution in [2.24, 2.45) is 5.92 Å². The highest BCUT2D eigenvalue weighted by Crippen LogP contribution is 2.38. The molecule has 0 radical (unpaired) electrons. The molecule has 1 saturated carbocycles. The molecule has 172 valence electrons. The number of ether oxygens (including phenoxy) is 1. The van der Waals surface area contributed by atoms with Gasteiger partial charge in [0.05, 0.1) is 23.7 Å². The Hall–Kier alpha value is -3.35. The Balaban J connectivity index is 1.68. The van der Waals surface area contributed by atoms with E-state index in [2.05, 4.69) is 21.7 Å². The number of carbonyl (C=O) groups is 2. The Morgan fingerprint density at radius 3 is 2.79 bits per heavy atom. The minimum atomic E-state index is -0.173. The first-order chi connectivity index (χ1) is 16.0. The molecule has 3 aromatic rings. The number of amides is 2. The SMILES string of the molecule is CCn1c(-c2cccc(OC)c2)nc2cc(NC(C)=O)cc(C(=O)N3C[C@@H]4CCC[C@H]3C4)c21. The predicted molar refractivity (Wildman–Crippen MR) is 128 cm³/mol. The van der Waals surface area contributed by atoms with Gasteiger partial charge in [-0.3, -0.25) is 9.59 Å². The smallest absolute Gasteiger partial charge is 0.256 e. The van der Waals surface area contributed by atoms with Gasteiger partial charge in [-0.25, -0.2) is 4.98 Å². The van der Waals surface area contributed by atoms with Crippen LogP contribution in [0.15, 0.2) is 36.4 Å². The number of nitrogens with zero attached hydrogens (tertiary/aromatic N) is 3. The van der Waals surface area contributed by atoms with E-state index in [1.807, 2.05) is 36.4 Å². The van der Waals surface area contributed by atoms with Crippen LogP contribution in [0.25, 0.3) is 22.4 Å². The number of carbonyl (C=O) groups excluding carboxylic acids is 2. The maximum absolute atomic E-state index is 13.9. The highest BCUT2D eigenvalue weighted by Gasteiger charge is 2.39. The summed E-state index contributed by atoms with van der Waals surface area (Å²) in [6.07, 6.45) is 4.56. The lowest BCUT2D eigenvalue weighted by atomic mass is 9.90. The second-order valence-corrected chi connectivity index (χ2v) is 9.13. The molecule has 2 fully saturated rings. The van der Waals surface area contributed by atoms with Gasteiger partial charge in [-0.1, -0.05) is 18.6 Å². The molecule has 7 nitrogen and oxygen atoms in total. The number of aryl methyl sites for hydroxylation is 1. The van der Waals surface area contributed by atoms with Crippen molar-refractivity contribution in [3.8, 4) is 17.1 Å². The molecule has 2 heterocycles. The van der Waals surface area contributed by atoms with E-state index in [0.29, 0.717) is 35.3 Å². The first-order valence-corrected chi connectivity index (χ1v) is 11.8. The van der Waals surface area contributed by atoms with E-state index >= 15 is 0 Å². The second kappa shape index (κ2) is 8.54. The molecule has 33 heavy (non-hydrogen) atoms.